The van der Waals surface area contributed by atoms with E-state index in [1.54, 1.807) is 0 Å². The van der Waals surface area contributed by atoms with Crippen molar-refractivity contribution in [2.24, 2.45) is 0 Å². The maximum absolute atomic E-state index is 13.5. The number of rotatable bonds is 4. The van der Waals surface area contributed by atoms with Crippen molar-refractivity contribution in [1.29, 1.82) is 0 Å². The molecule has 0 unspecified atom stereocenters. The van der Waals surface area contributed by atoms with Crippen LogP contribution in [0.4, 0.5) is 8.78 Å². The number of phenolic OH excluding ortho intramolecular Hbond substituents is 1. The second-order valence-corrected chi connectivity index (χ2v) is 5.94. The van der Waals surface area contributed by atoms with Gasteiger partial charge in [-0.05, 0) is 18.2 Å². The summed E-state index contributed by atoms with van der Waals surface area (Å²) in [4.78, 5) is 15.9. The van der Waals surface area contributed by atoms with Gasteiger partial charge in [0.05, 0.1) is 10.0 Å². The summed E-state index contributed by atoms with van der Waals surface area (Å²) >= 11 is 11.6. The Kier molecular flexibility index (Phi) is 5.06. The molecule has 2 N–H and O–H groups in total. The van der Waals surface area contributed by atoms with E-state index in [2.05, 4.69) is 15.5 Å². The van der Waals surface area contributed by atoms with Gasteiger partial charge in [-0.1, -0.05) is 34.4 Å². The predicted molar refractivity (Wildman–Crippen MR) is 88.9 cm³/mol. The predicted octanol–water partition coefficient (Wildman–Crippen LogP) is 3.96. The van der Waals surface area contributed by atoms with E-state index in [4.69, 9.17) is 27.7 Å². The summed E-state index contributed by atoms with van der Waals surface area (Å²) in [5.41, 5.74) is 0.418. The first kappa shape index (κ1) is 18.1. The number of hydrogen-bond acceptors (Lipinski definition) is 5. The highest BCUT2D eigenvalue weighted by atomic mass is 35.5. The molecule has 0 atom stereocenters. The van der Waals surface area contributed by atoms with Crippen LogP contribution in [0.1, 0.15) is 16.2 Å². The largest absolute Gasteiger partial charge is 0.505 e. The van der Waals surface area contributed by atoms with E-state index in [-0.39, 0.29) is 39.6 Å². The Morgan fingerprint density at radius 2 is 1.88 bits per heavy atom. The van der Waals surface area contributed by atoms with Gasteiger partial charge in [0, 0.05) is 23.7 Å². The highest BCUT2D eigenvalue weighted by Gasteiger charge is 2.18. The molecular weight excluding hydrogens is 391 g/mol. The van der Waals surface area contributed by atoms with Gasteiger partial charge < -0.3 is 14.9 Å². The van der Waals surface area contributed by atoms with Crippen LogP contribution in [0.25, 0.3) is 11.4 Å². The Morgan fingerprint density at radius 3 is 2.54 bits per heavy atom. The van der Waals surface area contributed by atoms with Crippen LogP contribution in [0.5, 0.6) is 5.75 Å². The van der Waals surface area contributed by atoms with Gasteiger partial charge in [-0.3, -0.25) is 4.79 Å². The molecule has 0 saturated carbocycles. The van der Waals surface area contributed by atoms with Crippen molar-refractivity contribution in [1.82, 2.24) is 15.5 Å². The number of amides is 1. The van der Waals surface area contributed by atoms with Gasteiger partial charge in [0.25, 0.3) is 0 Å². The Morgan fingerprint density at radius 1 is 1.19 bits per heavy atom. The molecule has 2 aromatic carbocycles. The van der Waals surface area contributed by atoms with Crippen LogP contribution in [-0.2, 0) is 6.54 Å². The molecule has 0 aliphatic rings. The lowest BCUT2D eigenvalue weighted by atomic mass is 10.2. The molecule has 0 radical (unpaired) electrons. The summed E-state index contributed by atoms with van der Waals surface area (Å²) in [7, 11) is 0. The Hall–Kier alpha value is -2.71. The Bertz CT molecular complexity index is 972. The van der Waals surface area contributed by atoms with Crippen LogP contribution >= 0.6 is 23.2 Å². The van der Waals surface area contributed by atoms with Gasteiger partial charge in [-0.2, -0.15) is 4.98 Å². The minimum absolute atomic E-state index is 0.0184. The van der Waals surface area contributed by atoms with Crippen molar-refractivity contribution in [3.05, 3.63) is 63.5 Å². The van der Waals surface area contributed by atoms with Crippen LogP contribution < -0.4 is 5.32 Å². The van der Waals surface area contributed by atoms with Crippen molar-refractivity contribution in [2.45, 2.75) is 6.54 Å². The van der Waals surface area contributed by atoms with Crippen LogP contribution in [0.15, 0.2) is 34.9 Å². The molecular formula is C16H9Cl2F2N3O3. The number of halogens is 4. The maximum atomic E-state index is 13.5. The molecule has 26 heavy (non-hydrogen) atoms. The van der Waals surface area contributed by atoms with Crippen LogP contribution in [-0.4, -0.2) is 21.2 Å². The molecule has 3 rings (SSSR count). The standard InChI is InChI=1S/C16H9Cl2F2N3O3/c17-10-3-8(4-11(18)13(10)24)14-22-16(26-23-14)15(25)21-6-7-1-2-9(19)5-12(7)20/h1-5,24H,6H2,(H,21,25). The molecule has 1 aromatic heterocycles. The van der Waals surface area contributed by atoms with Gasteiger partial charge >= 0.3 is 11.8 Å². The zero-order chi connectivity index (χ0) is 18.8. The third-order valence-electron chi connectivity index (χ3n) is 3.35. The highest BCUT2D eigenvalue weighted by molar-refractivity contribution is 6.37. The average molecular weight is 400 g/mol. The Balaban J connectivity index is 1.74. The van der Waals surface area contributed by atoms with Crippen molar-refractivity contribution in [3.8, 4) is 17.1 Å². The number of carbonyl (C=O) groups excluding carboxylic acids is 1. The molecule has 0 aliphatic heterocycles. The molecule has 134 valence electrons. The molecule has 0 saturated heterocycles. The second-order valence-electron chi connectivity index (χ2n) is 5.13. The van der Waals surface area contributed by atoms with Crippen LogP contribution in [0.3, 0.4) is 0 Å². The molecule has 6 nitrogen and oxygen atoms in total. The monoisotopic (exact) mass is 399 g/mol. The summed E-state index contributed by atoms with van der Waals surface area (Å²) in [6.07, 6.45) is 0. The number of nitrogens with zero attached hydrogens (tertiary/aromatic N) is 2. The fraction of sp³-hybridized carbons (Fsp3) is 0.0625. The van der Waals surface area contributed by atoms with E-state index in [0.717, 1.165) is 6.07 Å². The number of nitrogens with one attached hydrogen (secondary N) is 1. The van der Waals surface area contributed by atoms with Crippen molar-refractivity contribution >= 4 is 29.1 Å². The fourth-order valence-electron chi connectivity index (χ4n) is 2.04. The quantitative estimate of drug-likeness (QED) is 0.692. The zero-order valence-corrected chi connectivity index (χ0v) is 14.3. The number of aromatic hydroxyl groups is 1. The SMILES string of the molecule is O=C(NCc1ccc(F)cc1F)c1nc(-c2cc(Cl)c(O)c(Cl)c2)no1. The lowest BCUT2D eigenvalue weighted by Gasteiger charge is -2.04. The molecule has 0 aliphatic carbocycles. The minimum Gasteiger partial charge on any atom is -0.505 e. The first-order chi connectivity index (χ1) is 12.3. The zero-order valence-electron chi connectivity index (χ0n) is 12.8. The van der Waals surface area contributed by atoms with Gasteiger partial charge in [-0.15, -0.1) is 0 Å². The van der Waals surface area contributed by atoms with Crippen LogP contribution in [0.2, 0.25) is 10.0 Å². The number of carbonyl (C=O) groups is 1. The lowest BCUT2D eigenvalue weighted by molar-refractivity contribution is 0.0906. The van der Waals surface area contributed by atoms with Gasteiger partial charge in [0.2, 0.25) is 5.82 Å². The maximum Gasteiger partial charge on any atom is 0.316 e. The highest BCUT2D eigenvalue weighted by Crippen LogP contribution is 2.35. The molecule has 1 heterocycles. The third kappa shape index (κ3) is 3.76. The smallest absolute Gasteiger partial charge is 0.316 e. The van der Waals surface area contributed by atoms with E-state index in [0.29, 0.717) is 11.6 Å². The van der Waals surface area contributed by atoms with Gasteiger partial charge in [0.1, 0.15) is 11.6 Å². The van der Waals surface area contributed by atoms with E-state index in [9.17, 15) is 18.7 Å². The summed E-state index contributed by atoms with van der Waals surface area (Å²) in [5, 5.41) is 15.5. The second kappa shape index (κ2) is 7.27. The van der Waals surface area contributed by atoms with E-state index >= 15 is 0 Å². The topological polar surface area (TPSA) is 88.2 Å². The summed E-state index contributed by atoms with van der Waals surface area (Å²) < 4.78 is 31.3. The summed E-state index contributed by atoms with van der Waals surface area (Å²) in [6.45, 7) is -0.195. The number of hydrogen-bond donors (Lipinski definition) is 2. The molecule has 3 aromatic rings. The molecule has 10 heteroatoms. The third-order valence-corrected chi connectivity index (χ3v) is 3.93. The average Bonchev–Trinajstić information content (AvgIpc) is 3.08. The van der Waals surface area contributed by atoms with E-state index in [1.807, 2.05) is 0 Å². The first-order valence-electron chi connectivity index (χ1n) is 7.09. The number of phenols is 1. The molecule has 1 amide bonds. The fourth-order valence-corrected chi connectivity index (χ4v) is 2.53. The lowest BCUT2D eigenvalue weighted by Crippen LogP contribution is -2.23. The van der Waals surface area contributed by atoms with Crippen molar-refractivity contribution < 1.29 is 23.2 Å². The minimum atomic E-state index is -0.787. The first-order valence-corrected chi connectivity index (χ1v) is 7.85. The molecule has 0 fully saturated rings. The Labute approximate surface area is 155 Å². The normalized spacial score (nSPS) is 10.8. The number of aromatic nitrogens is 2. The van der Waals surface area contributed by atoms with E-state index < -0.39 is 17.5 Å². The van der Waals surface area contributed by atoms with Crippen molar-refractivity contribution in [2.75, 3.05) is 0 Å². The van der Waals surface area contributed by atoms with Gasteiger partial charge in [0.15, 0.2) is 5.75 Å². The van der Waals surface area contributed by atoms with Crippen molar-refractivity contribution in [3.63, 3.8) is 0 Å². The van der Waals surface area contributed by atoms with Crippen LogP contribution in [0, 0.1) is 11.6 Å². The van der Waals surface area contributed by atoms with E-state index in [1.165, 1.54) is 18.2 Å². The molecule has 0 bridgehead atoms. The molecule has 0 spiro atoms. The number of benzene rings is 2. The summed E-state index contributed by atoms with van der Waals surface area (Å²) in [6, 6.07) is 5.70. The van der Waals surface area contributed by atoms with Gasteiger partial charge in [-0.25, -0.2) is 8.78 Å². The summed E-state index contributed by atoms with van der Waals surface area (Å²) in [5.74, 6) is -2.90.